The van der Waals surface area contributed by atoms with Crippen molar-refractivity contribution in [3.05, 3.63) is 97.2 Å². The number of esters is 3. The summed E-state index contributed by atoms with van der Waals surface area (Å²) in [6.45, 7) is 5.66. The van der Waals surface area contributed by atoms with E-state index in [0.717, 1.165) is 141 Å². The highest BCUT2D eigenvalue weighted by atomic mass is 16.7. The highest BCUT2D eigenvalue weighted by Crippen LogP contribution is 2.26. The average Bonchev–Trinajstić information content (AvgIpc) is 3.37. The molecule has 1 fully saturated rings. The molecule has 6 unspecified atom stereocenters. The molecule has 12 heteroatoms. The highest BCUT2D eigenvalue weighted by molar-refractivity contribution is 5.74. The lowest BCUT2D eigenvalue weighted by Gasteiger charge is -2.40. The number of carboxylic acid groups (broad SMARTS) is 1. The molecule has 0 aromatic heterocycles. The fraction of sp³-hybridized carbons (Fsp3) is 0.672. The topological polar surface area (TPSA) is 175 Å². The van der Waals surface area contributed by atoms with Gasteiger partial charge >= 0.3 is 23.9 Å². The predicted molar refractivity (Wildman–Crippen MR) is 294 cm³/mol. The molecule has 0 bridgehead atoms. The molecule has 1 aliphatic heterocycles. The zero-order chi connectivity index (χ0) is 53.3. The first-order valence-electron chi connectivity index (χ1n) is 28.2. The molecule has 73 heavy (non-hydrogen) atoms. The van der Waals surface area contributed by atoms with Gasteiger partial charge in [0.25, 0.3) is 0 Å². The van der Waals surface area contributed by atoms with Gasteiger partial charge in [0.2, 0.25) is 0 Å². The van der Waals surface area contributed by atoms with Gasteiger partial charge in [0.15, 0.2) is 24.6 Å². The van der Waals surface area contributed by atoms with Crippen molar-refractivity contribution in [1.82, 2.24) is 0 Å². The molecule has 3 N–H and O–H groups in total. The second-order valence-corrected chi connectivity index (χ2v) is 18.8. The minimum Gasteiger partial charge on any atom is -0.479 e. The summed E-state index contributed by atoms with van der Waals surface area (Å²) in [5, 5.41) is 31.4. The van der Waals surface area contributed by atoms with E-state index in [1.165, 1.54) is 12.8 Å². The van der Waals surface area contributed by atoms with Gasteiger partial charge in [-0.3, -0.25) is 14.4 Å². The van der Waals surface area contributed by atoms with Crippen molar-refractivity contribution in [2.45, 2.75) is 250 Å². The number of aliphatic hydroxyl groups is 2. The van der Waals surface area contributed by atoms with Crippen molar-refractivity contribution in [3.63, 3.8) is 0 Å². The molecule has 1 heterocycles. The van der Waals surface area contributed by atoms with Gasteiger partial charge in [-0.05, 0) is 109 Å². The Morgan fingerprint density at radius 3 is 1.34 bits per heavy atom. The summed E-state index contributed by atoms with van der Waals surface area (Å²) in [4.78, 5) is 51.0. The van der Waals surface area contributed by atoms with Gasteiger partial charge in [-0.2, -0.15) is 0 Å². The van der Waals surface area contributed by atoms with E-state index in [1.807, 2.05) is 0 Å². The van der Waals surface area contributed by atoms with E-state index in [-0.39, 0.29) is 25.9 Å². The van der Waals surface area contributed by atoms with Gasteiger partial charge in [-0.1, -0.05) is 182 Å². The predicted octanol–water partition coefficient (Wildman–Crippen LogP) is 14.1. The van der Waals surface area contributed by atoms with E-state index >= 15 is 0 Å². The van der Waals surface area contributed by atoms with Crippen LogP contribution >= 0.6 is 0 Å². The number of rotatable bonds is 46. The average molecular weight is 1020 g/mol. The number of carbonyl (C=O) groups excluding carboxylic acids is 3. The molecule has 0 saturated carbocycles. The quantitative estimate of drug-likeness (QED) is 0.0228. The molecule has 0 spiro atoms. The number of allylic oxidation sites excluding steroid dienone is 16. The Hall–Kier alpha value is -4.36. The Morgan fingerprint density at radius 2 is 0.863 bits per heavy atom. The number of carbonyl (C=O) groups is 4. The third-order valence-electron chi connectivity index (χ3n) is 12.1. The molecule has 12 nitrogen and oxygen atoms in total. The molecule has 1 saturated heterocycles. The van der Waals surface area contributed by atoms with Crippen LogP contribution in [0.3, 0.4) is 0 Å². The molecule has 0 aliphatic carbocycles. The van der Waals surface area contributed by atoms with Crippen LogP contribution in [0.5, 0.6) is 0 Å². The zero-order valence-corrected chi connectivity index (χ0v) is 45.3. The summed E-state index contributed by atoms with van der Waals surface area (Å²) < 4.78 is 28.3. The molecule has 0 aromatic carbocycles. The Balaban J connectivity index is 2.71. The first kappa shape index (κ1) is 66.7. The summed E-state index contributed by atoms with van der Waals surface area (Å²) in [5.74, 6) is -3.20. The maximum absolute atomic E-state index is 13.1. The summed E-state index contributed by atoms with van der Waals surface area (Å²) in [6, 6.07) is 0. The first-order chi connectivity index (χ1) is 35.6. The fourth-order valence-electron chi connectivity index (χ4n) is 7.82. The first-order valence-corrected chi connectivity index (χ1v) is 28.2. The largest absolute Gasteiger partial charge is 0.479 e. The van der Waals surface area contributed by atoms with Crippen molar-refractivity contribution in [3.8, 4) is 0 Å². The Bertz CT molecular complexity index is 1640. The lowest BCUT2D eigenvalue weighted by Crippen LogP contribution is -2.61. The monoisotopic (exact) mass is 1020 g/mol. The molecule has 0 radical (unpaired) electrons. The van der Waals surface area contributed by atoms with Crippen LogP contribution in [-0.2, 0) is 42.9 Å². The van der Waals surface area contributed by atoms with Gasteiger partial charge in [-0.15, -0.1) is 0 Å². The molecular weight excluding hydrogens is 925 g/mol. The summed E-state index contributed by atoms with van der Waals surface area (Å²) in [6.07, 6.45) is 51.0. The molecule has 0 amide bonds. The second-order valence-electron chi connectivity index (χ2n) is 18.8. The van der Waals surface area contributed by atoms with Crippen molar-refractivity contribution < 1.29 is 58.2 Å². The van der Waals surface area contributed by atoms with Crippen LogP contribution in [0, 0.1) is 0 Å². The number of unbranched alkanes of at least 4 members (excludes halogenated alkanes) is 16. The van der Waals surface area contributed by atoms with Gasteiger partial charge in [0, 0.05) is 19.3 Å². The van der Waals surface area contributed by atoms with Crippen LogP contribution in [0.4, 0.5) is 0 Å². The Labute approximate surface area is 441 Å². The molecule has 6 atom stereocenters. The normalized spacial score (nSPS) is 19.1. The van der Waals surface area contributed by atoms with Gasteiger partial charge in [0.1, 0.15) is 18.8 Å². The second kappa shape index (κ2) is 48.6. The van der Waals surface area contributed by atoms with Crippen molar-refractivity contribution in [1.29, 1.82) is 0 Å². The zero-order valence-electron chi connectivity index (χ0n) is 45.3. The SMILES string of the molecule is CC/C=C\C/C=C\C/C=C\C/C=C\CCCCCCCCC(=O)OC1C(OCC(COC(=O)CCCCC/C=C\C/C=C\C/C=C\CC)OC(=O)CCCCCCC/C=C\CCCC)OC(C(=O)O)C(O)C1O. The van der Waals surface area contributed by atoms with E-state index in [2.05, 4.69) is 118 Å². The van der Waals surface area contributed by atoms with E-state index in [4.69, 9.17) is 23.7 Å². The maximum Gasteiger partial charge on any atom is 0.335 e. The maximum atomic E-state index is 13.1. The number of aliphatic carboxylic acids is 1. The Kier molecular flexibility index (Phi) is 44.4. The van der Waals surface area contributed by atoms with Crippen molar-refractivity contribution >= 4 is 23.9 Å². The molecule has 0 aromatic rings. The third kappa shape index (κ3) is 38.8. The standard InChI is InChI=1S/C61H98O12/c1-4-7-10-13-16-19-22-24-25-26-27-28-29-31-34-37-40-43-46-49-55(64)72-59-57(66)56(65)58(60(67)68)73-61(59)70-51-52(71-54(63)48-45-42-39-36-32-21-18-15-12-9-6-3)50-69-53(62)47-44-41-38-35-33-30-23-20-17-14-11-8-5-2/h7-8,10-11,15-20,24-25,27-28,30,33,52,56-59,61,65-66H,4-6,9,12-14,21-23,26,29,31-32,34-51H2,1-3H3,(H,67,68)/b10-7-,11-8-,18-15-,19-16-,20-17-,25-24-,28-27-,33-30-. The van der Waals surface area contributed by atoms with Crippen LogP contribution < -0.4 is 0 Å². The molecular formula is C61H98O12. The summed E-state index contributed by atoms with van der Waals surface area (Å²) in [7, 11) is 0. The molecule has 1 aliphatic rings. The van der Waals surface area contributed by atoms with Crippen molar-refractivity contribution in [2.24, 2.45) is 0 Å². The smallest absolute Gasteiger partial charge is 0.335 e. The molecule has 414 valence electrons. The number of ether oxygens (including phenoxy) is 5. The summed E-state index contributed by atoms with van der Waals surface area (Å²) >= 11 is 0. The van der Waals surface area contributed by atoms with Gasteiger partial charge < -0.3 is 39.0 Å². The van der Waals surface area contributed by atoms with Crippen molar-refractivity contribution in [2.75, 3.05) is 13.2 Å². The minimum absolute atomic E-state index is 0.0361. The number of aliphatic hydroxyl groups excluding tert-OH is 2. The molecule has 1 rings (SSSR count). The summed E-state index contributed by atoms with van der Waals surface area (Å²) in [5.41, 5.74) is 0. The fourth-order valence-corrected chi connectivity index (χ4v) is 7.82. The van der Waals surface area contributed by atoms with E-state index < -0.39 is 67.3 Å². The third-order valence-corrected chi connectivity index (χ3v) is 12.1. The van der Waals surface area contributed by atoms with Crippen LogP contribution in [-0.4, -0.2) is 89.2 Å². The highest BCUT2D eigenvalue weighted by Gasteiger charge is 2.50. The van der Waals surface area contributed by atoms with E-state index in [9.17, 15) is 34.5 Å². The van der Waals surface area contributed by atoms with Gasteiger partial charge in [0.05, 0.1) is 6.61 Å². The van der Waals surface area contributed by atoms with E-state index in [1.54, 1.807) is 0 Å². The van der Waals surface area contributed by atoms with Crippen LogP contribution in [0.2, 0.25) is 0 Å². The minimum atomic E-state index is -1.92. The van der Waals surface area contributed by atoms with E-state index in [0.29, 0.717) is 19.3 Å². The van der Waals surface area contributed by atoms with Gasteiger partial charge in [-0.25, -0.2) is 4.79 Å². The number of hydrogen-bond donors (Lipinski definition) is 3. The van der Waals surface area contributed by atoms with Crippen LogP contribution in [0.15, 0.2) is 97.2 Å². The van der Waals surface area contributed by atoms with Crippen LogP contribution in [0.25, 0.3) is 0 Å². The lowest BCUT2D eigenvalue weighted by atomic mass is 9.98. The van der Waals surface area contributed by atoms with Crippen LogP contribution in [0.1, 0.15) is 213 Å². The number of carboxylic acids is 1. The lowest BCUT2D eigenvalue weighted by molar-refractivity contribution is -0.301. The Morgan fingerprint density at radius 1 is 0.466 bits per heavy atom. The number of hydrogen-bond acceptors (Lipinski definition) is 11.